The molecule has 94 valence electrons. The molecule has 0 amide bonds. The van der Waals surface area contributed by atoms with Crippen LogP contribution in [0.15, 0.2) is 18.2 Å². The Morgan fingerprint density at radius 3 is 2.76 bits per heavy atom. The monoisotopic (exact) mass is 241 g/mol. The second-order valence-corrected chi connectivity index (χ2v) is 4.70. The van der Waals surface area contributed by atoms with Crippen molar-refractivity contribution in [3.05, 3.63) is 35.4 Å². The summed E-state index contributed by atoms with van der Waals surface area (Å²) < 4.78 is 26.0. The van der Waals surface area contributed by atoms with Crippen LogP contribution in [0.5, 0.6) is 0 Å². The van der Waals surface area contributed by atoms with Crippen molar-refractivity contribution < 1.29 is 13.9 Å². The van der Waals surface area contributed by atoms with E-state index in [0.29, 0.717) is 18.0 Å². The summed E-state index contributed by atoms with van der Waals surface area (Å²) in [5.41, 5.74) is 0.477. The molecule has 2 nitrogen and oxygen atoms in total. The van der Waals surface area contributed by atoms with E-state index in [1.807, 2.05) is 0 Å². The molecular weight excluding hydrogens is 224 g/mol. The first-order chi connectivity index (χ1) is 8.15. The number of halogens is 2. The lowest BCUT2D eigenvalue weighted by molar-refractivity contribution is 0.177. The summed E-state index contributed by atoms with van der Waals surface area (Å²) in [6.45, 7) is 1.17. The molecule has 1 aromatic rings. The van der Waals surface area contributed by atoms with Gasteiger partial charge in [0, 0.05) is 18.2 Å². The summed E-state index contributed by atoms with van der Waals surface area (Å²) in [4.78, 5) is 0. The molecule has 0 spiro atoms. The third-order valence-electron chi connectivity index (χ3n) is 3.28. The smallest absolute Gasteiger partial charge is 0.130 e. The highest BCUT2D eigenvalue weighted by Crippen LogP contribution is 2.24. The number of aliphatic hydroxyl groups excluding tert-OH is 1. The van der Waals surface area contributed by atoms with Gasteiger partial charge in [0.1, 0.15) is 11.6 Å². The van der Waals surface area contributed by atoms with Crippen molar-refractivity contribution in [2.75, 3.05) is 6.54 Å². The number of benzene rings is 1. The Bertz CT molecular complexity index is 384. The maximum atomic E-state index is 13.3. The highest BCUT2D eigenvalue weighted by Gasteiger charge is 2.22. The fraction of sp³-hybridized carbons (Fsp3) is 0.538. The van der Waals surface area contributed by atoms with E-state index in [-0.39, 0.29) is 6.10 Å². The SMILES string of the molecule is OC1CCC(CNCc2ccc(F)cc2F)C1. The number of hydrogen-bond donors (Lipinski definition) is 2. The van der Waals surface area contributed by atoms with Gasteiger partial charge in [-0.2, -0.15) is 0 Å². The quantitative estimate of drug-likeness (QED) is 0.847. The Labute approximate surface area is 99.7 Å². The lowest BCUT2D eigenvalue weighted by Crippen LogP contribution is -2.22. The van der Waals surface area contributed by atoms with Crippen molar-refractivity contribution in [1.29, 1.82) is 0 Å². The van der Waals surface area contributed by atoms with Crippen LogP contribution in [0, 0.1) is 17.6 Å². The van der Waals surface area contributed by atoms with Crippen molar-refractivity contribution in [3.8, 4) is 0 Å². The molecule has 0 bridgehead atoms. The highest BCUT2D eigenvalue weighted by molar-refractivity contribution is 5.18. The minimum atomic E-state index is -0.551. The standard InChI is InChI=1S/C13H17F2NO/c14-11-3-2-10(13(15)6-11)8-16-7-9-1-4-12(17)5-9/h2-3,6,9,12,16-17H,1,4-5,7-8H2. The molecule has 4 heteroatoms. The lowest BCUT2D eigenvalue weighted by atomic mass is 10.1. The average molecular weight is 241 g/mol. The molecule has 2 rings (SSSR count). The number of hydrogen-bond acceptors (Lipinski definition) is 2. The van der Waals surface area contributed by atoms with E-state index >= 15 is 0 Å². The maximum Gasteiger partial charge on any atom is 0.130 e. The predicted molar refractivity (Wildman–Crippen MR) is 61.4 cm³/mol. The summed E-state index contributed by atoms with van der Waals surface area (Å²) in [5.74, 6) is -0.595. The van der Waals surface area contributed by atoms with Gasteiger partial charge in [-0.3, -0.25) is 0 Å². The molecule has 0 heterocycles. The summed E-state index contributed by atoms with van der Waals surface area (Å²) in [6.07, 6.45) is 2.51. The molecule has 1 aromatic carbocycles. The van der Waals surface area contributed by atoms with Crippen LogP contribution in [0.3, 0.4) is 0 Å². The minimum absolute atomic E-state index is 0.177. The molecular formula is C13H17F2NO. The zero-order valence-electron chi connectivity index (χ0n) is 9.63. The zero-order valence-corrected chi connectivity index (χ0v) is 9.63. The predicted octanol–water partition coefficient (Wildman–Crippen LogP) is 2.22. The van der Waals surface area contributed by atoms with E-state index in [9.17, 15) is 13.9 Å². The van der Waals surface area contributed by atoms with Crippen LogP contribution < -0.4 is 5.32 Å². The number of nitrogens with one attached hydrogen (secondary N) is 1. The van der Waals surface area contributed by atoms with Gasteiger partial charge in [-0.25, -0.2) is 8.78 Å². The molecule has 1 fully saturated rings. The molecule has 1 aliphatic rings. The molecule has 0 aromatic heterocycles. The molecule has 0 saturated heterocycles. The molecule has 2 N–H and O–H groups in total. The third kappa shape index (κ3) is 3.48. The van der Waals surface area contributed by atoms with E-state index < -0.39 is 11.6 Å². The molecule has 1 aliphatic carbocycles. The third-order valence-corrected chi connectivity index (χ3v) is 3.28. The van der Waals surface area contributed by atoms with E-state index in [4.69, 9.17) is 0 Å². The Morgan fingerprint density at radius 2 is 2.12 bits per heavy atom. The van der Waals surface area contributed by atoms with Crippen LogP contribution in [-0.2, 0) is 6.54 Å². The van der Waals surface area contributed by atoms with Gasteiger partial charge in [0.05, 0.1) is 6.10 Å². The van der Waals surface area contributed by atoms with Crippen LogP contribution in [0.1, 0.15) is 24.8 Å². The largest absolute Gasteiger partial charge is 0.393 e. The Hall–Kier alpha value is -1.00. The van der Waals surface area contributed by atoms with E-state index in [2.05, 4.69) is 5.32 Å². The summed E-state index contributed by atoms with van der Waals surface area (Å²) in [7, 11) is 0. The Morgan fingerprint density at radius 1 is 1.29 bits per heavy atom. The minimum Gasteiger partial charge on any atom is -0.393 e. The van der Waals surface area contributed by atoms with Crippen molar-refractivity contribution in [2.45, 2.75) is 31.9 Å². The molecule has 17 heavy (non-hydrogen) atoms. The maximum absolute atomic E-state index is 13.3. The van der Waals surface area contributed by atoms with Crippen LogP contribution >= 0.6 is 0 Å². The van der Waals surface area contributed by atoms with Crippen LogP contribution in [0.25, 0.3) is 0 Å². The zero-order chi connectivity index (χ0) is 12.3. The molecule has 2 atom stereocenters. The second-order valence-electron chi connectivity index (χ2n) is 4.70. The Kier molecular flexibility index (Phi) is 4.07. The molecule has 0 radical (unpaired) electrons. The Balaban J connectivity index is 1.78. The van der Waals surface area contributed by atoms with Gasteiger partial charge >= 0.3 is 0 Å². The van der Waals surface area contributed by atoms with E-state index in [0.717, 1.165) is 31.9 Å². The second kappa shape index (κ2) is 5.56. The van der Waals surface area contributed by atoms with Crippen molar-refractivity contribution >= 4 is 0 Å². The van der Waals surface area contributed by atoms with E-state index in [1.165, 1.54) is 12.1 Å². The normalized spacial score (nSPS) is 24.2. The molecule has 0 aliphatic heterocycles. The van der Waals surface area contributed by atoms with Crippen LogP contribution in [0.2, 0.25) is 0 Å². The number of aliphatic hydroxyl groups is 1. The van der Waals surface area contributed by atoms with Gasteiger partial charge in [0.25, 0.3) is 0 Å². The fourth-order valence-electron chi connectivity index (χ4n) is 2.31. The molecule has 2 unspecified atom stereocenters. The van der Waals surface area contributed by atoms with Crippen LogP contribution in [0.4, 0.5) is 8.78 Å². The summed E-state index contributed by atoms with van der Waals surface area (Å²) in [6, 6.07) is 3.62. The first kappa shape index (κ1) is 12.5. The van der Waals surface area contributed by atoms with Gasteiger partial charge in [0.15, 0.2) is 0 Å². The van der Waals surface area contributed by atoms with Crippen molar-refractivity contribution in [1.82, 2.24) is 5.32 Å². The van der Waals surface area contributed by atoms with Gasteiger partial charge in [-0.05, 0) is 37.8 Å². The molecule has 1 saturated carbocycles. The first-order valence-corrected chi connectivity index (χ1v) is 5.98. The average Bonchev–Trinajstić information content (AvgIpc) is 2.68. The van der Waals surface area contributed by atoms with Gasteiger partial charge < -0.3 is 10.4 Å². The lowest BCUT2D eigenvalue weighted by Gasteiger charge is -2.11. The van der Waals surface area contributed by atoms with Gasteiger partial charge in [0.2, 0.25) is 0 Å². The highest BCUT2D eigenvalue weighted by atomic mass is 19.1. The van der Waals surface area contributed by atoms with Gasteiger partial charge in [-0.15, -0.1) is 0 Å². The number of rotatable bonds is 4. The topological polar surface area (TPSA) is 32.3 Å². The van der Waals surface area contributed by atoms with Crippen molar-refractivity contribution in [2.24, 2.45) is 5.92 Å². The van der Waals surface area contributed by atoms with Gasteiger partial charge in [-0.1, -0.05) is 6.07 Å². The fourth-order valence-corrected chi connectivity index (χ4v) is 2.31. The van der Waals surface area contributed by atoms with Crippen molar-refractivity contribution in [3.63, 3.8) is 0 Å². The van der Waals surface area contributed by atoms with E-state index in [1.54, 1.807) is 0 Å². The van der Waals surface area contributed by atoms with Crippen LogP contribution in [-0.4, -0.2) is 17.8 Å². The summed E-state index contributed by atoms with van der Waals surface area (Å²) >= 11 is 0. The first-order valence-electron chi connectivity index (χ1n) is 5.98. The summed E-state index contributed by atoms with van der Waals surface area (Å²) in [5, 5.41) is 12.5.